The quantitative estimate of drug-likeness (QED) is 0.487. The highest BCUT2D eigenvalue weighted by atomic mass is 35.5. The van der Waals surface area contributed by atoms with E-state index >= 15 is 0 Å². The maximum absolute atomic E-state index is 12.9. The minimum atomic E-state index is -4.72. The van der Waals surface area contributed by atoms with Gasteiger partial charge >= 0.3 is 12.1 Å². The van der Waals surface area contributed by atoms with Crippen molar-refractivity contribution in [3.05, 3.63) is 58.4 Å². The fourth-order valence-electron chi connectivity index (χ4n) is 3.17. The van der Waals surface area contributed by atoms with E-state index in [9.17, 15) is 21.6 Å². The first-order chi connectivity index (χ1) is 15.0. The Morgan fingerprint density at radius 3 is 2.47 bits per heavy atom. The third-order valence-corrected chi connectivity index (χ3v) is 7.29. The molecule has 2 heterocycles. The molecule has 0 bridgehead atoms. The summed E-state index contributed by atoms with van der Waals surface area (Å²) in [7, 11) is -3.82. The maximum atomic E-state index is 12.9. The molecule has 13 heteroatoms. The molecule has 1 aromatic heterocycles. The van der Waals surface area contributed by atoms with Crippen molar-refractivity contribution in [3.63, 3.8) is 0 Å². The van der Waals surface area contributed by atoms with Gasteiger partial charge < -0.3 is 9.26 Å². The average molecular weight is 508 g/mol. The molecule has 1 aliphatic heterocycles. The molecule has 0 aliphatic carbocycles. The van der Waals surface area contributed by atoms with Crippen LogP contribution < -0.4 is 4.74 Å². The third kappa shape index (κ3) is 4.70. The van der Waals surface area contributed by atoms with E-state index < -0.39 is 28.2 Å². The molecule has 1 fully saturated rings. The van der Waals surface area contributed by atoms with Crippen molar-refractivity contribution in [1.29, 1.82) is 0 Å². The van der Waals surface area contributed by atoms with E-state index in [1.807, 2.05) is 0 Å². The van der Waals surface area contributed by atoms with E-state index in [0.717, 1.165) is 0 Å². The van der Waals surface area contributed by atoms with Gasteiger partial charge in [0.25, 0.3) is 0 Å². The zero-order valence-electron chi connectivity index (χ0n) is 16.0. The van der Waals surface area contributed by atoms with Crippen molar-refractivity contribution in [1.82, 2.24) is 14.4 Å². The Morgan fingerprint density at radius 1 is 1.12 bits per heavy atom. The number of sulfonamides is 1. The number of rotatable bonds is 5. The van der Waals surface area contributed by atoms with Gasteiger partial charge in [0.1, 0.15) is 16.7 Å². The monoisotopic (exact) mass is 507 g/mol. The van der Waals surface area contributed by atoms with Gasteiger partial charge in [-0.05, 0) is 48.9 Å². The summed E-state index contributed by atoms with van der Waals surface area (Å²) < 4.78 is 74.9. The summed E-state index contributed by atoms with van der Waals surface area (Å²) in [4.78, 5) is 3.29. The summed E-state index contributed by atoms with van der Waals surface area (Å²) in [6.07, 6.45) is -4.69. The lowest BCUT2D eigenvalue weighted by Crippen LogP contribution is -2.31. The third-order valence-electron chi connectivity index (χ3n) is 4.70. The van der Waals surface area contributed by atoms with Gasteiger partial charge in [0.15, 0.2) is 0 Å². The van der Waals surface area contributed by atoms with Gasteiger partial charge in [-0.25, -0.2) is 8.42 Å². The van der Waals surface area contributed by atoms with E-state index in [1.165, 1.54) is 46.8 Å². The number of benzene rings is 2. The number of hydrogen-bond acceptors (Lipinski definition) is 6. The Kier molecular flexibility index (Phi) is 6.10. The van der Waals surface area contributed by atoms with Gasteiger partial charge in [0, 0.05) is 17.1 Å². The lowest BCUT2D eigenvalue weighted by molar-refractivity contribution is -0.159. The summed E-state index contributed by atoms with van der Waals surface area (Å²) in [6, 6.07) is 10.2. The van der Waals surface area contributed by atoms with Crippen LogP contribution >= 0.6 is 23.2 Å². The first kappa shape index (κ1) is 22.8. The molecule has 4 rings (SSSR count). The number of ether oxygens (including phenoxy) is 1. The summed E-state index contributed by atoms with van der Waals surface area (Å²) in [6.45, 7) is 0.357. The minimum absolute atomic E-state index is 0.0348. The van der Waals surface area contributed by atoms with Crippen LogP contribution in [0.2, 0.25) is 10.0 Å². The van der Waals surface area contributed by atoms with Crippen LogP contribution in [-0.4, -0.2) is 42.1 Å². The molecule has 32 heavy (non-hydrogen) atoms. The molecular formula is C19H14Cl2F3N3O4S. The second-order valence-corrected chi connectivity index (χ2v) is 9.66. The smallest absolute Gasteiger partial charge is 0.471 e. The molecule has 1 unspecified atom stereocenters. The minimum Gasteiger partial charge on any atom is -0.489 e. The predicted octanol–water partition coefficient (Wildman–Crippen LogP) is 4.90. The van der Waals surface area contributed by atoms with Crippen molar-refractivity contribution in [2.75, 3.05) is 13.1 Å². The number of halogens is 5. The summed E-state index contributed by atoms with van der Waals surface area (Å²) in [5, 5.41) is 3.69. The number of nitrogens with zero attached hydrogens (tertiary/aromatic N) is 3. The molecule has 0 spiro atoms. The van der Waals surface area contributed by atoms with Crippen molar-refractivity contribution >= 4 is 33.2 Å². The van der Waals surface area contributed by atoms with Crippen LogP contribution in [0.4, 0.5) is 13.2 Å². The van der Waals surface area contributed by atoms with Gasteiger partial charge in [-0.1, -0.05) is 28.4 Å². The standard InChI is InChI=1S/C19H14Cl2F3N3O4S/c20-12-3-6-16(15(21)9-12)32(28,29)27-8-7-14(10-27)30-13-4-1-11(2-5-13)17-25-18(31-26-17)19(22,23)24/h1-6,9,14H,7-8,10H2. The van der Waals surface area contributed by atoms with Crippen LogP contribution in [0.15, 0.2) is 51.9 Å². The van der Waals surface area contributed by atoms with E-state index in [1.54, 1.807) is 0 Å². The molecule has 0 radical (unpaired) electrons. The number of aromatic nitrogens is 2. The molecule has 1 atom stereocenters. The SMILES string of the molecule is O=S(=O)(c1ccc(Cl)cc1Cl)N1CCC(Oc2ccc(-c3noc(C(F)(F)F)n3)cc2)C1. The molecule has 2 aromatic carbocycles. The Balaban J connectivity index is 1.42. The number of hydrogen-bond donors (Lipinski definition) is 0. The van der Waals surface area contributed by atoms with Crippen LogP contribution in [0.3, 0.4) is 0 Å². The normalized spacial score (nSPS) is 17.6. The van der Waals surface area contributed by atoms with E-state index in [4.69, 9.17) is 27.9 Å². The highest BCUT2D eigenvalue weighted by molar-refractivity contribution is 7.89. The van der Waals surface area contributed by atoms with E-state index in [0.29, 0.717) is 22.8 Å². The molecular weight excluding hydrogens is 494 g/mol. The van der Waals surface area contributed by atoms with E-state index in [-0.39, 0.29) is 28.8 Å². The predicted molar refractivity (Wildman–Crippen MR) is 109 cm³/mol. The van der Waals surface area contributed by atoms with Crippen molar-refractivity contribution in [2.45, 2.75) is 23.6 Å². The van der Waals surface area contributed by atoms with Crippen LogP contribution in [0.5, 0.6) is 5.75 Å². The Morgan fingerprint density at radius 2 is 1.84 bits per heavy atom. The van der Waals surface area contributed by atoms with Gasteiger partial charge in [-0.2, -0.15) is 22.5 Å². The van der Waals surface area contributed by atoms with Crippen molar-refractivity contribution in [3.8, 4) is 17.1 Å². The van der Waals surface area contributed by atoms with Gasteiger partial charge in [0.2, 0.25) is 15.8 Å². The molecule has 170 valence electrons. The molecule has 1 saturated heterocycles. The Hall–Kier alpha value is -2.34. The van der Waals surface area contributed by atoms with Crippen LogP contribution in [0.1, 0.15) is 12.3 Å². The maximum Gasteiger partial charge on any atom is 0.471 e. The van der Waals surface area contributed by atoms with Crippen LogP contribution in [-0.2, 0) is 16.2 Å². The second kappa shape index (κ2) is 8.54. The molecule has 0 amide bonds. The van der Waals surface area contributed by atoms with Crippen LogP contribution in [0.25, 0.3) is 11.4 Å². The first-order valence-corrected chi connectivity index (χ1v) is 11.4. The van der Waals surface area contributed by atoms with Gasteiger partial charge in [-0.15, -0.1) is 0 Å². The van der Waals surface area contributed by atoms with Crippen molar-refractivity contribution in [2.24, 2.45) is 0 Å². The zero-order chi connectivity index (χ0) is 23.1. The fraction of sp³-hybridized carbons (Fsp3) is 0.263. The molecule has 3 aromatic rings. The lowest BCUT2D eigenvalue weighted by Gasteiger charge is -2.18. The zero-order valence-corrected chi connectivity index (χ0v) is 18.3. The van der Waals surface area contributed by atoms with Gasteiger partial charge in [-0.3, -0.25) is 0 Å². The Bertz CT molecular complexity index is 1230. The van der Waals surface area contributed by atoms with Crippen molar-refractivity contribution < 1.29 is 30.8 Å². The number of alkyl halides is 3. The summed E-state index contributed by atoms with van der Waals surface area (Å²) >= 11 is 11.9. The molecule has 7 nitrogen and oxygen atoms in total. The molecule has 1 aliphatic rings. The fourth-order valence-corrected chi connectivity index (χ4v) is 5.40. The molecule has 0 saturated carbocycles. The molecule has 0 N–H and O–H groups in total. The van der Waals surface area contributed by atoms with E-state index in [2.05, 4.69) is 14.7 Å². The summed E-state index contributed by atoms with van der Waals surface area (Å²) in [5.74, 6) is -1.22. The topological polar surface area (TPSA) is 85.5 Å². The highest BCUT2D eigenvalue weighted by Gasteiger charge is 2.38. The van der Waals surface area contributed by atoms with Gasteiger partial charge in [0.05, 0.1) is 11.6 Å². The average Bonchev–Trinajstić information content (AvgIpc) is 3.38. The second-order valence-electron chi connectivity index (χ2n) is 6.91. The summed E-state index contributed by atoms with van der Waals surface area (Å²) in [5.41, 5.74) is 0.310. The highest BCUT2D eigenvalue weighted by Crippen LogP contribution is 2.32. The van der Waals surface area contributed by atoms with Crippen LogP contribution in [0, 0.1) is 0 Å². The first-order valence-electron chi connectivity index (χ1n) is 9.17. The lowest BCUT2D eigenvalue weighted by atomic mass is 10.2. The Labute approximate surface area is 190 Å². The largest absolute Gasteiger partial charge is 0.489 e.